The average molecular weight is 499 g/mol. The van der Waals surface area contributed by atoms with Crippen LogP contribution in [-0.4, -0.2) is 50.8 Å². The molecular weight excluding hydrogens is 468 g/mol. The third-order valence-electron chi connectivity index (χ3n) is 6.33. The lowest BCUT2D eigenvalue weighted by atomic mass is 10.1. The molecule has 3 aromatic rings. The molecule has 2 aromatic heterocycles. The first-order valence-corrected chi connectivity index (χ1v) is 14.2. The molecule has 0 aliphatic carbocycles. The van der Waals surface area contributed by atoms with Crippen LogP contribution in [0.5, 0.6) is 0 Å². The molecule has 1 saturated heterocycles. The fraction of sp³-hybridized carbons (Fsp3) is 0.400. The molecule has 0 saturated carbocycles. The summed E-state index contributed by atoms with van der Waals surface area (Å²) in [6.07, 6.45) is 3.20. The Morgan fingerprint density at radius 1 is 1.21 bits per heavy atom. The highest BCUT2D eigenvalue weighted by Gasteiger charge is 2.33. The summed E-state index contributed by atoms with van der Waals surface area (Å²) in [5.41, 5.74) is 4.05. The van der Waals surface area contributed by atoms with Gasteiger partial charge in [-0.1, -0.05) is 48.2 Å². The number of ketones is 1. The number of nitrogens with zero attached hydrogens (tertiary/aromatic N) is 4. The number of allylic oxidation sites excluding steroid dienone is 1. The molecule has 1 aliphatic rings. The predicted molar refractivity (Wildman–Crippen MR) is 135 cm³/mol. The highest BCUT2D eigenvalue weighted by atomic mass is 32.2. The van der Waals surface area contributed by atoms with Crippen LogP contribution in [0.25, 0.3) is 0 Å². The van der Waals surface area contributed by atoms with E-state index in [1.807, 2.05) is 42.7 Å². The van der Waals surface area contributed by atoms with Gasteiger partial charge in [-0.25, -0.2) is 8.42 Å². The molecule has 7 nitrogen and oxygen atoms in total. The molecule has 1 fully saturated rings. The Balaban J connectivity index is 1.45. The van der Waals surface area contributed by atoms with Crippen LogP contribution in [0.2, 0.25) is 0 Å². The number of Topliss-reactive ketones (excluding diaryl/α,β-unsaturated/α-hetero) is 1. The van der Waals surface area contributed by atoms with Crippen molar-refractivity contribution in [3.05, 3.63) is 77.4 Å². The second-order valence-corrected chi connectivity index (χ2v) is 11.9. The van der Waals surface area contributed by atoms with Crippen molar-refractivity contribution < 1.29 is 13.2 Å². The van der Waals surface area contributed by atoms with Crippen LogP contribution >= 0.6 is 11.8 Å². The maximum atomic E-state index is 13.1. The van der Waals surface area contributed by atoms with Gasteiger partial charge >= 0.3 is 0 Å². The second kappa shape index (κ2) is 10.3. The molecule has 0 spiro atoms. The monoisotopic (exact) mass is 498 g/mol. The number of thioether (sulfide) groups is 1. The summed E-state index contributed by atoms with van der Waals surface area (Å²) >= 11 is 1.34. The highest BCUT2D eigenvalue weighted by Crippen LogP contribution is 2.30. The van der Waals surface area contributed by atoms with Gasteiger partial charge in [0.15, 0.2) is 20.8 Å². The fourth-order valence-corrected chi connectivity index (χ4v) is 7.11. The molecule has 0 bridgehead atoms. The van der Waals surface area contributed by atoms with E-state index in [0.29, 0.717) is 23.9 Å². The predicted octanol–water partition coefficient (Wildman–Crippen LogP) is 4.00. The van der Waals surface area contributed by atoms with Crippen molar-refractivity contribution >= 4 is 27.4 Å². The topological polar surface area (TPSA) is 86.8 Å². The Morgan fingerprint density at radius 3 is 2.65 bits per heavy atom. The van der Waals surface area contributed by atoms with E-state index in [4.69, 9.17) is 0 Å². The van der Waals surface area contributed by atoms with Gasteiger partial charge in [0, 0.05) is 36.0 Å². The standard InChI is InChI=1S/C25H30N4O3S2/c1-4-12-29-24(21-11-14-34(31,32)17-21)26-27-25(29)33-16-23(30)22-15-18(2)28(19(22)3)13-10-20-8-6-5-7-9-20/h4-9,15,21H,1,10-14,16-17H2,2-3H3. The van der Waals surface area contributed by atoms with Gasteiger partial charge in [0.2, 0.25) is 0 Å². The van der Waals surface area contributed by atoms with E-state index in [1.54, 1.807) is 6.08 Å². The SMILES string of the molecule is C=CCn1c(SCC(=O)c2cc(C)n(CCc3ccccc3)c2C)nnc1C1CCS(=O)(=O)C1. The average Bonchev–Trinajstić information content (AvgIpc) is 3.47. The van der Waals surface area contributed by atoms with Crippen LogP contribution in [0.3, 0.4) is 0 Å². The number of rotatable bonds is 10. The summed E-state index contributed by atoms with van der Waals surface area (Å²) in [5, 5.41) is 9.18. The van der Waals surface area contributed by atoms with E-state index >= 15 is 0 Å². The highest BCUT2D eigenvalue weighted by molar-refractivity contribution is 7.99. The van der Waals surface area contributed by atoms with Crippen molar-refractivity contribution in [2.45, 2.75) is 50.9 Å². The Labute approximate surface area is 205 Å². The van der Waals surface area contributed by atoms with Crippen molar-refractivity contribution in [3.8, 4) is 0 Å². The van der Waals surface area contributed by atoms with Crippen molar-refractivity contribution in [1.29, 1.82) is 0 Å². The number of carbonyl (C=O) groups is 1. The van der Waals surface area contributed by atoms with Crippen LogP contribution in [0.4, 0.5) is 0 Å². The quantitative estimate of drug-likeness (QED) is 0.239. The van der Waals surface area contributed by atoms with Crippen molar-refractivity contribution in [2.24, 2.45) is 0 Å². The van der Waals surface area contributed by atoms with Crippen LogP contribution in [0, 0.1) is 13.8 Å². The molecule has 1 unspecified atom stereocenters. The second-order valence-electron chi connectivity index (χ2n) is 8.72. The number of hydrogen-bond donors (Lipinski definition) is 0. The van der Waals surface area contributed by atoms with E-state index in [0.717, 1.165) is 29.9 Å². The lowest BCUT2D eigenvalue weighted by Gasteiger charge is -2.11. The van der Waals surface area contributed by atoms with E-state index in [9.17, 15) is 13.2 Å². The molecule has 1 aromatic carbocycles. The Kier molecular flexibility index (Phi) is 7.42. The van der Waals surface area contributed by atoms with Gasteiger partial charge in [-0.05, 0) is 38.3 Å². The first-order valence-electron chi connectivity index (χ1n) is 11.4. The summed E-state index contributed by atoms with van der Waals surface area (Å²) in [7, 11) is -3.03. The van der Waals surface area contributed by atoms with Gasteiger partial charge in [0.05, 0.1) is 17.3 Å². The maximum absolute atomic E-state index is 13.1. The zero-order valence-electron chi connectivity index (χ0n) is 19.6. The van der Waals surface area contributed by atoms with E-state index in [1.165, 1.54) is 17.3 Å². The van der Waals surface area contributed by atoms with Gasteiger partial charge < -0.3 is 9.13 Å². The molecule has 0 amide bonds. The van der Waals surface area contributed by atoms with Crippen LogP contribution in [-0.2, 0) is 29.3 Å². The molecule has 0 N–H and O–H groups in total. The molecule has 1 aliphatic heterocycles. The van der Waals surface area contributed by atoms with E-state index in [2.05, 4.69) is 33.5 Å². The van der Waals surface area contributed by atoms with E-state index in [-0.39, 0.29) is 29.0 Å². The van der Waals surface area contributed by atoms with Gasteiger partial charge in [-0.3, -0.25) is 4.79 Å². The minimum Gasteiger partial charge on any atom is -0.348 e. The zero-order chi connectivity index (χ0) is 24.3. The molecule has 1 atom stereocenters. The summed E-state index contributed by atoms with van der Waals surface area (Å²) < 4.78 is 27.9. The minimum atomic E-state index is -3.03. The number of hydrogen-bond acceptors (Lipinski definition) is 6. The van der Waals surface area contributed by atoms with Gasteiger partial charge in [-0.2, -0.15) is 0 Å². The Morgan fingerprint density at radius 2 is 1.97 bits per heavy atom. The number of sulfone groups is 1. The summed E-state index contributed by atoms with van der Waals surface area (Å²) in [6, 6.07) is 12.3. The number of aryl methyl sites for hydroxylation is 2. The van der Waals surface area contributed by atoms with Crippen molar-refractivity contribution in [2.75, 3.05) is 17.3 Å². The Bertz CT molecular complexity index is 1290. The van der Waals surface area contributed by atoms with Crippen LogP contribution in [0.1, 0.15) is 45.5 Å². The smallest absolute Gasteiger partial charge is 0.191 e. The van der Waals surface area contributed by atoms with Gasteiger partial charge in [0.1, 0.15) is 5.82 Å². The summed E-state index contributed by atoms with van der Waals surface area (Å²) in [5.74, 6) is 1.06. The molecule has 34 heavy (non-hydrogen) atoms. The normalized spacial score (nSPS) is 17.2. The zero-order valence-corrected chi connectivity index (χ0v) is 21.2. The lowest BCUT2D eigenvalue weighted by Crippen LogP contribution is -2.12. The largest absolute Gasteiger partial charge is 0.348 e. The summed E-state index contributed by atoms with van der Waals surface area (Å²) in [4.78, 5) is 13.1. The molecule has 0 radical (unpaired) electrons. The van der Waals surface area contributed by atoms with Crippen molar-refractivity contribution in [1.82, 2.24) is 19.3 Å². The maximum Gasteiger partial charge on any atom is 0.191 e. The van der Waals surface area contributed by atoms with Crippen LogP contribution in [0.15, 0.2) is 54.2 Å². The number of carbonyl (C=O) groups excluding carboxylic acids is 1. The molecule has 180 valence electrons. The molecular formula is C25H30N4O3S2. The fourth-order valence-electron chi connectivity index (χ4n) is 4.53. The van der Waals surface area contributed by atoms with Gasteiger partial charge in [0.25, 0.3) is 0 Å². The van der Waals surface area contributed by atoms with Crippen LogP contribution < -0.4 is 0 Å². The first kappa shape index (κ1) is 24.5. The Hall–Kier alpha value is -2.65. The third kappa shape index (κ3) is 5.36. The third-order valence-corrected chi connectivity index (χ3v) is 9.06. The number of aromatic nitrogens is 4. The van der Waals surface area contributed by atoms with Gasteiger partial charge in [-0.15, -0.1) is 16.8 Å². The lowest BCUT2D eigenvalue weighted by molar-refractivity contribution is 0.102. The first-order chi connectivity index (χ1) is 16.3. The minimum absolute atomic E-state index is 0.0437. The number of benzene rings is 1. The molecule has 3 heterocycles. The van der Waals surface area contributed by atoms with Crippen molar-refractivity contribution in [3.63, 3.8) is 0 Å². The molecule has 9 heteroatoms. The van der Waals surface area contributed by atoms with E-state index < -0.39 is 9.84 Å². The molecule has 4 rings (SSSR count). The summed E-state index contributed by atoms with van der Waals surface area (Å²) in [6.45, 7) is 9.13.